The van der Waals surface area contributed by atoms with Crippen LogP contribution in [-0.2, 0) is 4.79 Å². The fourth-order valence-electron chi connectivity index (χ4n) is 4.23. The fourth-order valence-corrected chi connectivity index (χ4v) is 4.23. The van der Waals surface area contributed by atoms with E-state index < -0.39 is 11.9 Å². The SMILES string of the molecule is C[C@@H](C(N)=O)n1cc(-c2cc3c4c(c(-c5ccc6oc(N)nc6c5)[nH]c4c2)NCCO3)cn1. The van der Waals surface area contributed by atoms with Crippen molar-refractivity contribution in [1.82, 2.24) is 19.7 Å². The number of rotatable bonds is 4. The van der Waals surface area contributed by atoms with E-state index in [9.17, 15) is 4.79 Å². The summed E-state index contributed by atoms with van der Waals surface area (Å²) in [5, 5.41) is 8.77. The monoisotopic (exact) mass is 443 g/mol. The molecular weight excluding hydrogens is 422 g/mol. The number of ether oxygens (including phenoxy) is 1. The number of fused-ring (bicyclic) bond motifs is 1. The number of amides is 1. The molecule has 1 aliphatic rings. The Hall–Kier alpha value is -4.47. The first kappa shape index (κ1) is 19.2. The molecule has 2 aromatic carbocycles. The molecule has 0 fully saturated rings. The zero-order chi connectivity index (χ0) is 22.7. The second-order valence-electron chi connectivity index (χ2n) is 8.07. The van der Waals surface area contributed by atoms with E-state index >= 15 is 0 Å². The van der Waals surface area contributed by atoms with Crippen molar-refractivity contribution < 1.29 is 13.9 Å². The van der Waals surface area contributed by atoms with Crippen molar-refractivity contribution >= 4 is 39.6 Å². The smallest absolute Gasteiger partial charge is 0.292 e. The van der Waals surface area contributed by atoms with E-state index in [1.54, 1.807) is 17.8 Å². The fraction of sp³-hybridized carbons (Fsp3) is 0.174. The summed E-state index contributed by atoms with van der Waals surface area (Å²) >= 11 is 0. The molecule has 0 saturated carbocycles. The van der Waals surface area contributed by atoms with Gasteiger partial charge in [0.25, 0.3) is 6.01 Å². The second-order valence-corrected chi connectivity index (χ2v) is 8.07. The Morgan fingerprint density at radius 2 is 2.09 bits per heavy atom. The maximum atomic E-state index is 11.5. The number of benzene rings is 2. The van der Waals surface area contributed by atoms with Crippen molar-refractivity contribution in [1.29, 1.82) is 0 Å². The van der Waals surface area contributed by atoms with Crippen molar-refractivity contribution in [2.45, 2.75) is 13.0 Å². The highest BCUT2D eigenvalue weighted by atomic mass is 16.5. The molecule has 3 aromatic heterocycles. The van der Waals surface area contributed by atoms with Gasteiger partial charge >= 0.3 is 0 Å². The molecule has 0 aliphatic carbocycles. The maximum absolute atomic E-state index is 11.5. The van der Waals surface area contributed by atoms with E-state index in [0.717, 1.165) is 44.7 Å². The molecule has 0 saturated heterocycles. The van der Waals surface area contributed by atoms with Gasteiger partial charge in [0.1, 0.15) is 23.9 Å². The van der Waals surface area contributed by atoms with Gasteiger partial charge in [-0.3, -0.25) is 9.48 Å². The van der Waals surface area contributed by atoms with Crippen LogP contribution in [0.5, 0.6) is 5.75 Å². The van der Waals surface area contributed by atoms with Crippen LogP contribution in [0.15, 0.2) is 47.1 Å². The summed E-state index contributed by atoms with van der Waals surface area (Å²) in [6.45, 7) is 2.91. The highest BCUT2D eigenvalue weighted by Gasteiger charge is 2.22. The maximum Gasteiger partial charge on any atom is 0.292 e. The van der Waals surface area contributed by atoms with Crippen LogP contribution in [0.4, 0.5) is 11.7 Å². The summed E-state index contributed by atoms with van der Waals surface area (Å²) in [7, 11) is 0. The summed E-state index contributed by atoms with van der Waals surface area (Å²) < 4.78 is 13.0. The van der Waals surface area contributed by atoms with Crippen LogP contribution in [-0.4, -0.2) is 38.8 Å². The molecule has 0 bridgehead atoms. The first-order valence-corrected chi connectivity index (χ1v) is 10.5. The Morgan fingerprint density at radius 1 is 1.21 bits per heavy atom. The van der Waals surface area contributed by atoms with Crippen molar-refractivity contribution in [2.24, 2.45) is 5.73 Å². The molecule has 5 aromatic rings. The lowest BCUT2D eigenvalue weighted by molar-refractivity contribution is -0.120. The third-order valence-corrected chi connectivity index (χ3v) is 5.96. The van der Waals surface area contributed by atoms with Gasteiger partial charge in [-0.15, -0.1) is 0 Å². The van der Waals surface area contributed by atoms with E-state index in [1.165, 1.54) is 0 Å². The minimum absolute atomic E-state index is 0.140. The van der Waals surface area contributed by atoms with E-state index in [4.69, 9.17) is 20.6 Å². The van der Waals surface area contributed by atoms with Crippen molar-refractivity contribution in [3.8, 4) is 28.1 Å². The molecule has 1 amide bonds. The molecule has 0 spiro atoms. The van der Waals surface area contributed by atoms with Gasteiger partial charge in [-0.2, -0.15) is 10.1 Å². The number of hydrogen-bond donors (Lipinski definition) is 4. The molecule has 33 heavy (non-hydrogen) atoms. The number of nitrogen functional groups attached to an aromatic ring is 1. The van der Waals surface area contributed by atoms with E-state index in [-0.39, 0.29) is 6.01 Å². The lowest BCUT2D eigenvalue weighted by atomic mass is 10.0. The highest BCUT2D eigenvalue weighted by molar-refractivity contribution is 6.07. The largest absolute Gasteiger partial charge is 0.491 e. The van der Waals surface area contributed by atoms with E-state index in [1.807, 2.05) is 36.5 Å². The summed E-state index contributed by atoms with van der Waals surface area (Å²) in [5.74, 6) is 0.332. The van der Waals surface area contributed by atoms with Crippen molar-refractivity contribution in [3.63, 3.8) is 0 Å². The van der Waals surface area contributed by atoms with E-state index in [0.29, 0.717) is 24.3 Å². The molecule has 0 unspecified atom stereocenters. The number of H-pyrrole nitrogens is 1. The summed E-state index contributed by atoms with van der Waals surface area (Å²) in [6, 6.07) is 9.42. The number of aromatic nitrogens is 4. The number of aromatic amines is 1. The molecule has 1 aliphatic heterocycles. The number of nitrogens with two attached hydrogens (primary N) is 2. The quantitative estimate of drug-likeness (QED) is 0.333. The van der Waals surface area contributed by atoms with Crippen LogP contribution < -0.4 is 21.5 Å². The van der Waals surface area contributed by atoms with Crippen LogP contribution in [0.1, 0.15) is 13.0 Å². The van der Waals surface area contributed by atoms with Crippen LogP contribution in [0.2, 0.25) is 0 Å². The van der Waals surface area contributed by atoms with Gasteiger partial charge in [0.2, 0.25) is 5.91 Å². The third kappa shape index (κ3) is 3.06. The van der Waals surface area contributed by atoms with E-state index in [2.05, 4.69) is 20.4 Å². The van der Waals surface area contributed by atoms with Gasteiger partial charge in [0.05, 0.1) is 28.5 Å². The van der Waals surface area contributed by atoms with Crippen LogP contribution in [0.3, 0.4) is 0 Å². The Balaban J connectivity index is 1.50. The molecular formula is C23H21N7O3. The lowest BCUT2D eigenvalue weighted by Crippen LogP contribution is -2.24. The number of anilines is 2. The molecule has 6 N–H and O–H groups in total. The normalized spacial score (nSPS) is 14.1. The molecule has 166 valence electrons. The number of nitrogens with zero attached hydrogens (tertiary/aromatic N) is 3. The summed E-state index contributed by atoms with van der Waals surface area (Å²) in [4.78, 5) is 19.3. The number of carbonyl (C=O) groups is 1. The molecule has 10 heteroatoms. The Labute approximate surface area is 187 Å². The molecule has 4 heterocycles. The number of oxazole rings is 1. The number of carbonyl (C=O) groups excluding carboxylic acids is 1. The zero-order valence-electron chi connectivity index (χ0n) is 17.8. The highest BCUT2D eigenvalue weighted by Crippen LogP contribution is 2.44. The molecule has 10 nitrogen and oxygen atoms in total. The lowest BCUT2D eigenvalue weighted by Gasteiger charge is -2.08. The molecule has 6 rings (SSSR count). The minimum Gasteiger partial charge on any atom is -0.491 e. The molecule has 0 radical (unpaired) electrons. The standard InChI is InChI=1S/C23H21N7O3/c1-11(22(24)31)30-10-14(9-27-30)13-7-16-19-18(8-13)32-5-4-26-21(19)20(28-16)12-2-3-17-15(6-12)29-23(25)33-17/h2-3,6-11,26,28H,4-5H2,1H3,(H2,24,31)(H2,25,29)/t11-/m0/s1. The van der Waals surface area contributed by atoms with Gasteiger partial charge in [0, 0.05) is 23.9 Å². The summed E-state index contributed by atoms with van der Waals surface area (Å²) in [6.07, 6.45) is 3.53. The Bertz CT molecular complexity index is 1540. The first-order chi connectivity index (χ1) is 16.0. The molecule has 1 atom stereocenters. The van der Waals surface area contributed by atoms with Crippen LogP contribution >= 0.6 is 0 Å². The zero-order valence-corrected chi connectivity index (χ0v) is 17.8. The number of nitrogens with one attached hydrogen (secondary N) is 2. The van der Waals surface area contributed by atoms with Crippen LogP contribution in [0, 0.1) is 0 Å². The Kier molecular flexibility index (Phi) is 4.09. The minimum atomic E-state index is -0.534. The third-order valence-electron chi connectivity index (χ3n) is 5.96. The predicted octanol–water partition coefficient (Wildman–Crippen LogP) is 3.27. The summed E-state index contributed by atoms with van der Waals surface area (Å²) in [5.41, 5.74) is 18.0. The predicted molar refractivity (Wildman–Crippen MR) is 125 cm³/mol. The van der Waals surface area contributed by atoms with Gasteiger partial charge in [0.15, 0.2) is 5.58 Å². The Morgan fingerprint density at radius 3 is 2.94 bits per heavy atom. The topological polar surface area (TPSA) is 150 Å². The van der Waals surface area contributed by atoms with Crippen LogP contribution in [0.25, 0.3) is 44.4 Å². The second kappa shape index (κ2) is 7.02. The average Bonchev–Trinajstić information content (AvgIpc) is 3.47. The van der Waals surface area contributed by atoms with Gasteiger partial charge in [-0.1, -0.05) is 0 Å². The van der Waals surface area contributed by atoms with Crippen molar-refractivity contribution in [3.05, 3.63) is 42.7 Å². The van der Waals surface area contributed by atoms with Gasteiger partial charge in [-0.05, 0) is 42.8 Å². The van der Waals surface area contributed by atoms with Crippen molar-refractivity contribution in [2.75, 3.05) is 24.2 Å². The van der Waals surface area contributed by atoms with Gasteiger partial charge < -0.3 is 30.9 Å². The first-order valence-electron chi connectivity index (χ1n) is 10.5. The average molecular weight is 443 g/mol. The number of primary amides is 1. The van der Waals surface area contributed by atoms with Gasteiger partial charge in [-0.25, -0.2) is 0 Å². The number of hydrogen-bond acceptors (Lipinski definition) is 7.